The van der Waals surface area contributed by atoms with Gasteiger partial charge in [0, 0.05) is 21.7 Å². The zero-order valence-electron chi connectivity index (χ0n) is 9.58. The van der Waals surface area contributed by atoms with Crippen LogP contribution in [0.5, 0.6) is 0 Å². The Morgan fingerprint density at radius 1 is 1.50 bits per heavy atom. The molecule has 0 aliphatic heterocycles. The van der Waals surface area contributed by atoms with Crippen LogP contribution < -0.4 is 4.72 Å². The van der Waals surface area contributed by atoms with Crippen molar-refractivity contribution in [2.75, 3.05) is 11.6 Å². The van der Waals surface area contributed by atoms with Gasteiger partial charge in [0.25, 0.3) is 0 Å². The van der Waals surface area contributed by atoms with E-state index in [1.54, 1.807) is 11.3 Å². The van der Waals surface area contributed by atoms with Gasteiger partial charge in [-0.2, -0.15) is 0 Å². The van der Waals surface area contributed by atoms with Crippen LogP contribution in [-0.2, 0) is 10.0 Å². The van der Waals surface area contributed by atoms with Crippen molar-refractivity contribution in [1.29, 1.82) is 0 Å². The second kappa shape index (κ2) is 5.49. The number of thiophene rings is 1. The molecule has 1 heterocycles. The van der Waals surface area contributed by atoms with Crippen molar-refractivity contribution in [1.82, 2.24) is 4.72 Å². The molecule has 92 valence electrons. The number of sulfonamides is 1. The third kappa shape index (κ3) is 3.73. The van der Waals surface area contributed by atoms with E-state index in [0.717, 1.165) is 10.4 Å². The molecular formula is C10H16ClNO2S2. The number of alkyl halides is 1. The fourth-order valence-electron chi connectivity index (χ4n) is 1.57. The van der Waals surface area contributed by atoms with Crippen molar-refractivity contribution in [2.24, 2.45) is 0 Å². The van der Waals surface area contributed by atoms with Crippen LogP contribution in [0.3, 0.4) is 0 Å². The largest absolute Gasteiger partial charge is 0.213 e. The third-order valence-electron chi connectivity index (χ3n) is 2.25. The van der Waals surface area contributed by atoms with Crippen LogP contribution in [0.2, 0.25) is 0 Å². The lowest BCUT2D eigenvalue weighted by atomic mass is 10.1. The van der Waals surface area contributed by atoms with Gasteiger partial charge in [0.05, 0.1) is 5.75 Å². The lowest BCUT2D eigenvalue weighted by Gasteiger charge is -2.13. The highest BCUT2D eigenvalue weighted by molar-refractivity contribution is 7.89. The Hall–Kier alpha value is -0.100. The SMILES string of the molecule is Cc1cc(C(C)NS(=O)(=O)CCCl)c(C)s1. The molecule has 0 aromatic carbocycles. The molecule has 0 spiro atoms. The monoisotopic (exact) mass is 281 g/mol. The topological polar surface area (TPSA) is 46.2 Å². The summed E-state index contributed by atoms with van der Waals surface area (Å²) in [5.41, 5.74) is 1.04. The van der Waals surface area contributed by atoms with Gasteiger partial charge in [0.15, 0.2) is 0 Å². The molecule has 0 bridgehead atoms. The van der Waals surface area contributed by atoms with Crippen LogP contribution in [0.25, 0.3) is 0 Å². The third-order valence-corrected chi connectivity index (χ3v) is 5.10. The summed E-state index contributed by atoms with van der Waals surface area (Å²) < 4.78 is 25.7. The Balaban J connectivity index is 2.80. The molecule has 3 nitrogen and oxygen atoms in total. The number of aryl methyl sites for hydroxylation is 2. The Morgan fingerprint density at radius 3 is 2.56 bits per heavy atom. The van der Waals surface area contributed by atoms with Crippen molar-refractivity contribution in [3.8, 4) is 0 Å². The minimum Gasteiger partial charge on any atom is -0.212 e. The second-order valence-corrected chi connectivity index (χ2v) is 7.43. The van der Waals surface area contributed by atoms with Crippen molar-refractivity contribution in [3.63, 3.8) is 0 Å². The molecule has 0 amide bonds. The molecule has 0 aliphatic rings. The molecule has 1 aromatic heterocycles. The van der Waals surface area contributed by atoms with Crippen molar-refractivity contribution < 1.29 is 8.42 Å². The fourth-order valence-corrected chi connectivity index (χ4v) is 4.19. The summed E-state index contributed by atoms with van der Waals surface area (Å²) in [7, 11) is -3.26. The van der Waals surface area contributed by atoms with Crippen LogP contribution in [0.1, 0.15) is 28.3 Å². The molecule has 0 fully saturated rings. The number of hydrogen-bond donors (Lipinski definition) is 1. The van der Waals surface area contributed by atoms with Crippen LogP contribution in [-0.4, -0.2) is 20.1 Å². The molecule has 1 atom stereocenters. The summed E-state index contributed by atoms with van der Waals surface area (Å²) >= 11 is 7.11. The first-order chi connectivity index (χ1) is 7.35. The molecule has 16 heavy (non-hydrogen) atoms. The minimum atomic E-state index is -3.26. The van der Waals surface area contributed by atoms with E-state index in [4.69, 9.17) is 11.6 Å². The molecule has 0 aliphatic carbocycles. The van der Waals surface area contributed by atoms with Gasteiger partial charge in [-0.3, -0.25) is 0 Å². The summed E-state index contributed by atoms with van der Waals surface area (Å²) in [4.78, 5) is 2.34. The first kappa shape index (κ1) is 14.0. The molecule has 1 unspecified atom stereocenters. The van der Waals surface area contributed by atoms with Gasteiger partial charge in [0.2, 0.25) is 10.0 Å². The Kier molecular flexibility index (Phi) is 4.79. The first-order valence-electron chi connectivity index (χ1n) is 4.98. The van der Waals surface area contributed by atoms with Gasteiger partial charge in [-0.1, -0.05) is 0 Å². The van der Waals surface area contributed by atoms with E-state index in [2.05, 4.69) is 4.72 Å². The summed E-state index contributed by atoms with van der Waals surface area (Å²) in [6, 6.07) is 1.83. The molecule has 0 saturated heterocycles. The van der Waals surface area contributed by atoms with E-state index >= 15 is 0 Å². The fraction of sp³-hybridized carbons (Fsp3) is 0.600. The van der Waals surface area contributed by atoms with Gasteiger partial charge in [-0.15, -0.1) is 22.9 Å². The van der Waals surface area contributed by atoms with E-state index < -0.39 is 10.0 Å². The normalized spacial score (nSPS) is 14.0. The smallest absolute Gasteiger partial charge is 0.212 e. The maximum Gasteiger partial charge on any atom is 0.213 e. The average molecular weight is 282 g/mol. The predicted molar refractivity (Wildman–Crippen MR) is 69.9 cm³/mol. The van der Waals surface area contributed by atoms with Gasteiger partial charge in [0.1, 0.15) is 0 Å². The summed E-state index contributed by atoms with van der Waals surface area (Å²) in [6.45, 7) is 5.86. The Bertz CT molecular complexity index is 453. The Labute approximate surface area is 106 Å². The second-order valence-electron chi connectivity index (χ2n) is 3.72. The van der Waals surface area contributed by atoms with Crippen molar-refractivity contribution >= 4 is 33.0 Å². The number of rotatable bonds is 5. The van der Waals surface area contributed by atoms with Crippen LogP contribution in [0.15, 0.2) is 6.07 Å². The molecule has 0 saturated carbocycles. The standard InChI is InChI=1S/C10H16ClNO2S2/c1-7-6-10(9(3)15-7)8(2)12-16(13,14)5-4-11/h6,8,12H,4-5H2,1-3H3. The van der Waals surface area contributed by atoms with E-state index in [0.29, 0.717) is 0 Å². The van der Waals surface area contributed by atoms with Crippen LogP contribution in [0.4, 0.5) is 0 Å². The zero-order valence-corrected chi connectivity index (χ0v) is 12.0. The highest BCUT2D eigenvalue weighted by atomic mass is 35.5. The molecular weight excluding hydrogens is 266 g/mol. The van der Waals surface area contributed by atoms with E-state index in [1.807, 2.05) is 26.8 Å². The van der Waals surface area contributed by atoms with Crippen LogP contribution >= 0.6 is 22.9 Å². The average Bonchev–Trinajstić information content (AvgIpc) is 2.44. The summed E-state index contributed by atoms with van der Waals surface area (Å²) in [5, 5.41) is 0. The highest BCUT2D eigenvalue weighted by Gasteiger charge is 2.17. The quantitative estimate of drug-likeness (QED) is 0.843. The minimum absolute atomic E-state index is 0.0406. The van der Waals surface area contributed by atoms with E-state index in [-0.39, 0.29) is 17.7 Å². The van der Waals surface area contributed by atoms with Gasteiger partial charge >= 0.3 is 0 Å². The van der Waals surface area contributed by atoms with Crippen LogP contribution in [0, 0.1) is 13.8 Å². The predicted octanol–water partition coefficient (Wildman–Crippen LogP) is 2.58. The summed E-state index contributed by atoms with van der Waals surface area (Å²) in [5.74, 6) is 0.0742. The van der Waals surface area contributed by atoms with E-state index in [9.17, 15) is 8.42 Å². The first-order valence-corrected chi connectivity index (χ1v) is 7.99. The lowest BCUT2D eigenvalue weighted by molar-refractivity contribution is 0.568. The zero-order chi connectivity index (χ0) is 12.3. The molecule has 1 aromatic rings. The van der Waals surface area contributed by atoms with Gasteiger partial charge in [-0.25, -0.2) is 13.1 Å². The van der Waals surface area contributed by atoms with E-state index in [1.165, 1.54) is 4.88 Å². The molecule has 0 radical (unpaired) electrons. The molecule has 1 rings (SSSR count). The summed E-state index contributed by atoms with van der Waals surface area (Å²) in [6.07, 6.45) is 0. The maximum absolute atomic E-state index is 11.5. The maximum atomic E-state index is 11.5. The highest BCUT2D eigenvalue weighted by Crippen LogP contribution is 2.26. The lowest BCUT2D eigenvalue weighted by Crippen LogP contribution is -2.29. The number of nitrogens with one attached hydrogen (secondary N) is 1. The number of hydrogen-bond acceptors (Lipinski definition) is 3. The molecule has 6 heteroatoms. The van der Waals surface area contributed by atoms with Crippen molar-refractivity contribution in [3.05, 3.63) is 21.4 Å². The Morgan fingerprint density at radius 2 is 2.12 bits per heavy atom. The molecule has 1 N–H and O–H groups in total. The van der Waals surface area contributed by atoms with Gasteiger partial charge in [-0.05, 0) is 32.4 Å². The van der Waals surface area contributed by atoms with Gasteiger partial charge < -0.3 is 0 Å². The number of halogens is 1. The van der Waals surface area contributed by atoms with Crippen molar-refractivity contribution in [2.45, 2.75) is 26.8 Å².